The van der Waals surface area contributed by atoms with Crippen LogP contribution in [0, 0.1) is 5.92 Å². The largest absolute Gasteiger partial charge is 0.508 e. The number of nitrogens with one attached hydrogen (secondary N) is 3. The third-order valence-electron chi connectivity index (χ3n) is 5.38. The molecule has 210 valence electrons. The molecule has 0 saturated heterocycles. The van der Waals surface area contributed by atoms with Crippen molar-refractivity contribution in [3.8, 4) is 5.75 Å². The Morgan fingerprint density at radius 1 is 0.842 bits per heavy atom. The number of phenols is 1. The second-order valence-electron chi connectivity index (χ2n) is 9.23. The van der Waals surface area contributed by atoms with Crippen LogP contribution in [0.3, 0.4) is 0 Å². The van der Waals surface area contributed by atoms with Gasteiger partial charge in [0, 0.05) is 12.8 Å². The first-order chi connectivity index (χ1) is 17.7. The first-order valence-corrected chi connectivity index (χ1v) is 11.9. The zero-order valence-electron chi connectivity index (χ0n) is 21.2. The molecule has 0 aliphatic carbocycles. The summed E-state index contributed by atoms with van der Waals surface area (Å²) >= 11 is 0. The predicted molar refractivity (Wildman–Crippen MR) is 133 cm³/mol. The lowest BCUT2D eigenvalue weighted by molar-refractivity contribution is -0.142. The van der Waals surface area contributed by atoms with Crippen molar-refractivity contribution in [2.75, 3.05) is 0 Å². The van der Waals surface area contributed by atoms with Crippen molar-refractivity contribution in [3.63, 3.8) is 0 Å². The summed E-state index contributed by atoms with van der Waals surface area (Å²) in [6.07, 6.45) is -1.21. The molecule has 0 saturated carbocycles. The zero-order chi connectivity index (χ0) is 29.0. The van der Waals surface area contributed by atoms with Crippen molar-refractivity contribution in [1.29, 1.82) is 0 Å². The van der Waals surface area contributed by atoms with Gasteiger partial charge < -0.3 is 42.7 Å². The molecule has 1 rings (SSSR count). The molecule has 1 aromatic rings. The Hall–Kier alpha value is -4.20. The third-order valence-corrected chi connectivity index (χ3v) is 5.38. The molecule has 1 aromatic carbocycles. The van der Waals surface area contributed by atoms with Crippen molar-refractivity contribution in [2.45, 2.75) is 70.1 Å². The Balaban J connectivity index is 3.01. The summed E-state index contributed by atoms with van der Waals surface area (Å²) in [5.41, 5.74) is 11.4. The van der Waals surface area contributed by atoms with Gasteiger partial charge in [0.2, 0.25) is 23.6 Å². The highest BCUT2D eigenvalue weighted by molar-refractivity contribution is 5.96. The molecule has 38 heavy (non-hydrogen) atoms. The molecule has 0 fully saturated rings. The van der Waals surface area contributed by atoms with E-state index in [1.807, 2.05) is 0 Å². The number of amides is 4. The van der Waals surface area contributed by atoms with Gasteiger partial charge in [-0.1, -0.05) is 26.0 Å². The zero-order valence-corrected chi connectivity index (χ0v) is 21.2. The Morgan fingerprint density at radius 3 is 1.87 bits per heavy atom. The lowest BCUT2D eigenvalue weighted by atomic mass is 10.0. The number of carboxylic acid groups (broad SMARTS) is 2. The van der Waals surface area contributed by atoms with Crippen LogP contribution in [0.1, 0.15) is 45.1 Å². The third kappa shape index (κ3) is 11.7. The van der Waals surface area contributed by atoms with E-state index in [2.05, 4.69) is 16.0 Å². The van der Waals surface area contributed by atoms with E-state index in [0.717, 1.165) is 0 Å². The standard InChI is InChI=1S/C24H35N5O9/c1-12(2)9-16(27-21(34)15(25)7-8-20(32)33)22(35)28-17(11-19(26)31)23(36)29-18(24(37)38)10-13-3-5-14(30)6-4-13/h3-6,12,15-18,30H,7-11,25H2,1-2H3,(H2,26,31)(H,27,34)(H,28,35)(H,29,36)(H,32,33)(H,37,38). The minimum Gasteiger partial charge on any atom is -0.508 e. The summed E-state index contributed by atoms with van der Waals surface area (Å²) in [5.74, 6) is -6.21. The van der Waals surface area contributed by atoms with E-state index in [-0.39, 0.29) is 37.4 Å². The molecule has 14 nitrogen and oxygen atoms in total. The van der Waals surface area contributed by atoms with Crippen LogP contribution in [0.25, 0.3) is 0 Å². The molecule has 4 unspecified atom stereocenters. The highest BCUT2D eigenvalue weighted by Gasteiger charge is 2.31. The molecule has 4 amide bonds. The Labute approximate surface area is 219 Å². The molecule has 0 aliphatic heterocycles. The van der Waals surface area contributed by atoms with Crippen LogP contribution < -0.4 is 27.4 Å². The molecular weight excluding hydrogens is 502 g/mol. The summed E-state index contributed by atoms with van der Waals surface area (Å²) in [6.45, 7) is 3.54. The summed E-state index contributed by atoms with van der Waals surface area (Å²) in [5, 5.41) is 34.8. The van der Waals surface area contributed by atoms with E-state index in [1.54, 1.807) is 13.8 Å². The number of carbonyl (C=O) groups excluding carboxylic acids is 4. The van der Waals surface area contributed by atoms with E-state index in [0.29, 0.717) is 5.56 Å². The fourth-order valence-corrected chi connectivity index (χ4v) is 3.41. The number of hydrogen-bond acceptors (Lipinski definition) is 8. The van der Waals surface area contributed by atoms with E-state index >= 15 is 0 Å². The number of rotatable bonds is 16. The van der Waals surface area contributed by atoms with Crippen molar-refractivity contribution in [2.24, 2.45) is 17.4 Å². The lowest BCUT2D eigenvalue weighted by Crippen LogP contribution is -2.58. The van der Waals surface area contributed by atoms with Crippen LogP contribution in [0.4, 0.5) is 0 Å². The van der Waals surface area contributed by atoms with Crippen LogP contribution >= 0.6 is 0 Å². The van der Waals surface area contributed by atoms with E-state index in [4.69, 9.17) is 16.6 Å². The highest BCUT2D eigenvalue weighted by atomic mass is 16.4. The fourth-order valence-electron chi connectivity index (χ4n) is 3.41. The van der Waals surface area contributed by atoms with Crippen molar-refractivity contribution >= 4 is 35.6 Å². The quantitative estimate of drug-likeness (QED) is 0.122. The van der Waals surface area contributed by atoms with Gasteiger partial charge in [0.25, 0.3) is 0 Å². The maximum absolute atomic E-state index is 13.0. The molecule has 10 N–H and O–H groups in total. The van der Waals surface area contributed by atoms with E-state index in [1.165, 1.54) is 24.3 Å². The van der Waals surface area contributed by atoms with Gasteiger partial charge in [0.15, 0.2) is 0 Å². The van der Waals surface area contributed by atoms with Gasteiger partial charge in [-0.15, -0.1) is 0 Å². The second kappa shape index (κ2) is 15.1. The highest BCUT2D eigenvalue weighted by Crippen LogP contribution is 2.12. The summed E-state index contributed by atoms with van der Waals surface area (Å²) < 4.78 is 0. The van der Waals surface area contributed by atoms with Crippen molar-refractivity contribution in [3.05, 3.63) is 29.8 Å². The van der Waals surface area contributed by atoms with Gasteiger partial charge >= 0.3 is 11.9 Å². The van der Waals surface area contributed by atoms with Gasteiger partial charge in [-0.05, 0) is 36.5 Å². The van der Waals surface area contributed by atoms with Gasteiger partial charge in [-0.2, -0.15) is 0 Å². The normalized spacial score (nSPS) is 14.0. The average Bonchev–Trinajstić information content (AvgIpc) is 2.81. The minimum absolute atomic E-state index is 0.0280. The maximum Gasteiger partial charge on any atom is 0.326 e. The Morgan fingerprint density at radius 2 is 1.37 bits per heavy atom. The molecule has 0 aliphatic rings. The first kappa shape index (κ1) is 31.8. The molecule has 0 bridgehead atoms. The topological polar surface area (TPSA) is 251 Å². The molecule has 0 aromatic heterocycles. The predicted octanol–water partition coefficient (Wildman–Crippen LogP) is -1.41. The molecule has 0 heterocycles. The number of phenolic OH excluding ortho intramolecular Hbond substituents is 1. The van der Waals surface area contributed by atoms with Gasteiger partial charge in [-0.25, -0.2) is 4.79 Å². The molecule has 0 radical (unpaired) electrons. The number of hydrogen-bond donors (Lipinski definition) is 8. The number of aliphatic carboxylic acids is 2. The monoisotopic (exact) mass is 537 g/mol. The van der Waals surface area contributed by atoms with Gasteiger partial charge in [0.1, 0.15) is 23.9 Å². The molecule has 14 heteroatoms. The Bertz CT molecular complexity index is 1010. The first-order valence-electron chi connectivity index (χ1n) is 11.9. The summed E-state index contributed by atoms with van der Waals surface area (Å²) in [7, 11) is 0. The minimum atomic E-state index is -1.55. The second-order valence-corrected chi connectivity index (χ2v) is 9.23. The number of carbonyl (C=O) groups is 6. The maximum atomic E-state index is 13.0. The van der Waals surface area contributed by atoms with Crippen molar-refractivity contribution in [1.82, 2.24) is 16.0 Å². The molecule has 4 atom stereocenters. The van der Waals surface area contributed by atoms with E-state index in [9.17, 15) is 39.0 Å². The number of nitrogens with two attached hydrogens (primary N) is 2. The number of carboxylic acids is 2. The van der Waals surface area contributed by atoms with Gasteiger partial charge in [-0.3, -0.25) is 24.0 Å². The Kier molecular flexibility index (Phi) is 12.7. The summed E-state index contributed by atoms with van der Waals surface area (Å²) in [6, 6.07) is 0.280. The van der Waals surface area contributed by atoms with Crippen molar-refractivity contribution < 1.29 is 44.1 Å². The van der Waals surface area contributed by atoms with Crippen LogP contribution in [0.5, 0.6) is 5.75 Å². The smallest absolute Gasteiger partial charge is 0.326 e. The molecule has 0 spiro atoms. The molecular formula is C24H35N5O9. The average molecular weight is 538 g/mol. The van der Waals surface area contributed by atoms with Crippen LogP contribution in [0.2, 0.25) is 0 Å². The van der Waals surface area contributed by atoms with E-state index < -0.39 is 66.2 Å². The van der Waals surface area contributed by atoms with Crippen LogP contribution in [-0.2, 0) is 35.2 Å². The fraction of sp³-hybridized carbons (Fsp3) is 0.500. The number of aromatic hydroxyl groups is 1. The summed E-state index contributed by atoms with van der Waals surface area (Å²) in [4.78, 5) is 72.4. The SMILES string of the molecule is CC(C)CC(NC(=O)C(N)CCC(=O)O)C(=O)NC(CC(N)=O)C(=O)NC(Cc1ccc(O)cc1)C(=O)O. The van der Waals surface area contributed by atoms with Crippen LogP contribution in [-0.4, -0.2) is 75.1 Å². The van der Waals surface area contributed by atoms with Crippen LogP contribution in [0.15, 0.2) is 24.3 Å². The lowest BCUT2D eigenvalue weighted by Gasteiger charge is -2.25. The van der Waals surface area contributed by atoms with Gasteiger partial charge in [0.05, 0.1) is 12.5 Å². The number of primary amides is 1. The number of benzene rings is 1.